The number of hydrogen-bond donors (Lipinski definition) is 2. The Balaban J connectivity index is 1.69. The molecular formula is C17H19ClN2OS. The van der Waals surface area contributed by atoms with Gasteiger partial charge in [-0.25, -0.2) is 0 Å². The summed E-state index contributed by atoms with van der Waals surface area (Å²) in [5.41, 5.74) is 6.96. The molecule has 1 heterocycles. The van der Waals surface area contributed by atoms with E-state index in [0.29, 0.717) is 9.90 Å². The highest BCUT2D eigenvalue weighted by atomic mass is 35.5. The van der Waals surface area contributed by atoms with E-state index in [1.54, 1.807) is 0 Å². The third-order valence-corrected chi connectivity index (χ3v) is 5.54. The molecule has 3 rings (SSSR count). The molecule has 1 aliphatic rings. The van der Waals surface area contributed by atoms with Crippen LogP contribution < -0.4 is 10.9 Å². The maximum absolute atomic E-state index is 12.4. The number of nitrogens with one attached hydrogen (secondary N) is 2. The number of thiophene rings is 1. The first kappa shape index (κ1) is 15.4. The Labute approximate surface area is 139 Å². The number of fused-ring (bicyclic) bond motifs is 1. The molecule has 0 saturated heterocycles. The van der Waals surface area contributed by atoms with Crippen LogP contribution in [0.2, 0.25) is 5.02 Å². The molecule has 22 heavy (non-hydrogen) atoms. The second-order valence-corrected chi connectivity index (χ2v) is 6.93. The first-order chi connectivity index (χ1) is 10.8. The van der Waals surface area contributed by atoms with Crippen molar-refractivity contribution < 1.29 is 4.79 Å². The van der Waals surface area contributed by atoms with Crippen LogP contribution in [0.3, 0.4) is 0 Å². The summed E-state index contributed by atoms with van der Waals surface area (Å²) in [7, 11) is 0. The number of carbonyl (C=O) groups is 1. The third-order valence-electron chi connectivity index (χ3n) is 3.87. The van der Waals surface area contributed by atoms with Crippen molar-refractivity contribution in [3.8, 4) is 0 Å². The Kier molecular flexibility index (Phi) is 5.01. The van der Waals surface area contributed by atoms with Crippen LogP contribution in [0.4, 0.5) is 0 Å². The van der Waals surface area contributed by atoms with Gasteiger partial charge in [0, 0.05) is 15.8 Å². The molecular weight excluding hydrogens is 316 g/mol. The van der Waals surface area contributed by atoms with Crippen molar-refractivity contribution in [1.29, 1.82) is 0 Å². The lowest BCUT2D eigenvalue weighted by Gasteiger charge is -2.14. The topological polar surface area (TPSA) is 41.1 Å². The molecule has 2 N–H and O–H groups in total. The predicted octanol–water partition coefficient (Wildman–Crippen LogP) is 5.03. The van der Waals surface area contributed by atoms with Gasteiger partial charge in [0.15, 0.2) is 0 Å². The Hall–Kier alpha value is -1.52. The summed E-state index contributed by atoms with van der Waals surface area (Å²) < 4.78 is 1.03. The van der Waals surface area contributed by atoms with E-state index < -0.39 is 0 Å². The number of hydrogen-bond acceptors (Lipinski definition) is 3. The van der Waals surface area contributed by atoms with E-state index in [1.165, 1.54) is 37.0 Å². The minimum absolute atomic E-state index is 0.172. The van der Waals surface area contributed by atoms with Gasteiger partial charge in [-0.05, 0) is 31.7 Å². The quantitative estimate of drug-likeness (QED) is 0.773. The maximum atomic E-state index is 12.4. The van der Waals surface area contributed by atoms with Gasteiger partial charge in [-0.3, -0.25) is 10.2 Å². The van der Waals surface area contributed by atoms with Crippen LogP contribution in [0.25, 0.3) is 10.1 Å². The standard InChI is InChI=1S/C17H19ClN2OS/c18-15-13-10-6-7-11-14(13)22-16(15)17(21)20-19-12-8-4-2-1-3-5-9-12/h6-8,10-11,19H,1-5,9H2,(H,20,21)/b12-8+. The van der Waals surface area contributed by atoms with E-state index in [2.05, 4.69) is 16.9 Å². The molecule has 0 fully saturated rings. The molecule has 0 spiro atoms. The van der Waals surface area contributed by atoms with Gasteiger partial charge < -0.3 is 5.43 Å². The van der Waals surface area contributed by atoms with Gasteiger partial charge in [-0.15, -0.1) is 11.3 Å². The average molecular weight is 335 g/mol. The van der Waals surface area contributed by atoms with Crippen LogP contribution in [0.5, 0.6) is 0 Å². The summed E-state index contributed by atoms with van der Waals surface area (Å²) in [6.45, 7) is 0. The van der Waals surface area contributed by atoms with Crippen molar-refractivity contribution >= 4 is 38.9 Å². The second kappa shape index (κ2) is 7.16. The molecule has 1 aliphatic carbocycles. The zero-order valence-electron chi connectivity index (χ0n) is 12.3. The molecule has 2 aromatic rings. The summed E-state index contributed by atoms with van der Waals surface area (Å²) in [6, 6.07) is 7.80. The number of halogens is 1. The zero-order valence-corrected chi connectivity index (χ0v) is 13.9. The van der Waals surface area contributed by atoms with E-state index >= 15 is 0 Å². The number of benzene rings is 1. The number of rotatable bonds is 3. The van der Waals surface area contributed by atoms with E-state index in [1.807, 2.05) is 24.3 Å². The van der Waals surface area contributed by atoms with Gasteiger partial charge in [-0.2, -0.15) is 0 Å². The largest absolute Gasteiger partial charge is 0.303 e. The van der Waals surface area contributed by atoms with E-state index in [-0.39, 0.29) is 5.91 Å². The van der Waals surface area contributed by atoms with Gasteiger partial charge in [0.2, 0.25) is 0 Å². The van der Waals surface area contributed by atoms with Crippen molar-refractivity contribution in [2.75, 3.05) is 0 Å². The van der Waals surface area contributed by atoms with Crippen LogP contribution in [0, 0.1) is 0 Å². The van der Waals surface area contributed by atoms with Crippen molar-refractivity contribution in [2.45, 2.75) is 38.5 Å². The van der Waals surface area contributed by atoms with Crippen molar-refractivity contribution in [3.63, 3.8) is 0 Å². The van der Waals surface area contributed by atoms with Crippen LogP contribution in [0.1, 0.15) is 48.2 Å². The summed E-state index contributed by atoms with van der Waals surface area (Å²) in [6.07, 6.45) is 9.19. The zero-order chi connectivity index (χ0) is 15.4. The van der Waals surface area contributed by atoms with E-state index in [4.69, 9.17) is 11.6 Å². The first-order valence-corrected chi connectivity index (χ1v) is 8.87. The lowest BCUT2D eigenvalue weighted by Crippen LogP contribution is -2.36. The molecule has 0 saturated carbocycles. The number of allylic oxidation sites excluding steroid dienone is 2. The van der Waals surface area contributed by atoms with Gasteiger partial charge in [0.25, 0.3) is 5.91 Å². The van der Waals surface area contributed by atoms with Gasteiger partial charge >= 0.3 is 0 Å². The first-order valence-electron chi connectivity index (χ1n) is 7.68. The Morgan fingerprint density at radius 3 is 2.82 bits per heavy atom. The Bertz CT molecular complexity index is 708. The van der Waals surface area contributed by atoms with Crippen molar-refractivity contribution in [1.82, 2.24) is 10.9 Å². The number of hydrazine groups is 1. The molecule has 0 unspecified atom stereocenters. The van der Waals surface area contributed by atoms with Gasteiger partial charge in [0.05, 0.1) is 5.02 Å². The van der Waals surface area contributed by atoms with Crippen LogP contribution >= 0.6 is 22.9 Å². The molecule has 3 nitrogen and oxygen atoms in total. The minimum Gasteiger partial charge on any atom is -0.303 e. The van der Waals surface area contributed by atoms with Crippen molar-refractivity contribution in [3.05, 3.63) is 45.9 Å². The minimum atomic E-state index is -0.172. The molecule has 5 heteroatoms. The van der Waals surface area contributed by atoms with Gasteiger partial charge in [-0.1, -0.05) is 48.7 Å². The van der Waals surface area contributed by atoms with Crippen molar-refractivity contribution in [2.24, 2.45) is 0 Å². The average Bonchev–Trinajstić information content (AvgIpc) is 2.84. The third kappa shape index (κ3) is 3.45. The van der Waals surface area contributed by atoms with Crippen LogP contribution in [-0.4, -0.2) is 5.91 Å². The SMILES string of the molecule is O=C(NN/C1=C/CCCCCC1)c1sc2ccccc2c1Cl. The fourth-order valence-corrected chi connectivity index (χ4v) is 4.07. The van der Waals surface area contributed by atoms with Crippen LogP contribution in [-0.2, 0) is 0 Å². The molecule has 0 atom stereocenters. The number of carbonyl (C=O) groups excluding carboxylic acids is 1. The summed E-state index contributed by atoms with van der Waals surface area (Å²) >= 11 is 7.75. The molecule has 1 aromatic heterocycles. The monoisotopic (exact) mass is 334 g/mol. The lowest BCUT2D eigenvalue weighted by molar-refractivity contribution is 0.0942. The summed E-state index contributed by atoms with van der Waals surface area (Å²) in [4.78, 5) is 12.9. The molecule has 116 valence electrons. The lowest BCUT2D eigenvalue weighted by atomic mass is 10.0. The molecule has 0 aliphatic heterocycles. The Morgan fingerprint density at radius 1 is 1.14 bits per heavy atom. The molecule has 1 aromatic carbocycles. The highest BCUT2D eigenvalue weighted by Crippen LogP contribution is 2.34. The highest BCUT2D eigenvalue weighted by Gasteiger charge is 2.16. The van der Waals surface area contributed by atoms with E-state index in [0.717, 1.165) is 28.6 Å². The molecule has 0 radical (unpaired) electrons. The molecule has 0 bridgehead atoms. The predicted molar refractivity (Wildman–Crippen MR) is 93.2 cm³/mol. The fourth-order valence-electron chi connectivity index (χ4n) is 2.66. The molecule has 1 amide bonds. The van der Waals surface area contributed by atoms with E-state index in [9.17, 15) is 4.79 Å². The Morgan fingerprint density at radius 2 is 1.95 bits per heavy atom. The fraction of sp³-hybridized carbons (Fsp3) is 0.353. The smallest absolute Gasteiger partial charge is 0.281 e. The highest BCUT2D eigenvalue weighted by molar-refractivity contribution is 7.21. The maximum Gasteiger partial charge on any atom is 0.281 e. The van der Waals surface area contributed by atoms with Crippen LogP contribution in [0.15, 0.2) is 36.0 Å². The summed E-state index contributed by atoms with van der Waals surface area (Å²) in [5.74, 6) is -0.172. The summed E-state index contributed by atoms with van der Waals surface area (Å²) in [5, 5.41) is 1.47. The second-order valence-electron chi connectivity index (χ2n) is 5.50. The van der Waals surface area contributed by atoms with Gasteiger partial charge in [0.1, 0.15) is 4.88 Å². The normalized spacial score (nSPS) is 18.1. The number of amides is 1.